The minimum Gasteiger partial charge on any atom is -0.480 e. The second-order valence-corrected chi connectivity index (χ2v) is 4.46. The normalized spacial score (nSPS) is 12.5. The molecule has 0 aliphatic rings. The number of nitrogens with zero attached hydrogens (tertiary/aromatic N) is 3. The van der Waals surface area contributed by atoms with E-state index in [0.717, 1.165) is 0 Å². The lowest BCUT2D eigenvalue weighted by molar-refractivity contribution is -0.389. The van der Waals surface area contributed by atoms with Crippen LogP contribution < -0.4 is 5.32 Å². The fourth-order valence-corrected chi connectivity index (χ4v) is 2.26. The number of aliphatic carboxylic acids is 1. The zero-order valence-electron chi connectivity index (χ0n) is 9.77. The smallest absolute Gasteiger partial charge is 0.372 e. The van der Waals surface area contributed by atoms with Gasteiger partial charge in [-0.1, -0.05) is 11.3 Å². The molecule has 0 fully saturated rings. The van der Waals surface area contributed by atoms with Gasteiger partial charge in [-0.05, 0) is 4.92 Å². The SMILES string of the molecule is COCC(Nc1nc2sccn2c1[N+](=O)[O-])C(=O)O. The predicted molar refractivity (Wildman–Crippen MR) is 66.6 cm³/mol. The first-order valence-corrected chi connectivity index (χ1v) is 6.00. The Balaban J connectivity index is 2.38. The highest BCUT2D eigenvalue weighted by molar-refractivity contribution is 7.15. The van der Waals surface area contributed by atoms with Crippen molar-refractivity contribution < 1.29 is 19.6 Å². The molecule has 0 aliphatic heterocycles. The topological polar surface area (TPSA) is 119 Å². The zero-order chi connectivity index (χ0) is 14.0. The number of thiazole rings is 1. The molecule has 2 N–H and O–H groups in total. The van der Waals surface area contributed by atoms with E-state index in [0.29, 0.717) is 4.96 Å². The van der Waals surface area contributed by atoms with Crippen LogP contribution in [0.1, 0.15) is 0 Å². The third kappa shape index (κ3) is 2.48. The molecule has 10 heteroatoms. The van der Waals surface area contributed by atoms with E-state index in [-0.39, 0.29) is 18.2 Å². The van der Waals surface area contributed by atoms with Gasteiger partial charge in [-0.15, -0.1) is 0 Å². The van der Waals surface area contributed by atoms with Crippen LogP contribution in [0.4, 0.5) is 11.6 Å². The fraction of sp³-hybridized carbons (Fsp3) is 0.333. The molecule has 9 nitrogen and oxygen atoms in total. The molecule has 0 aliphatic carbocycles. The molecule has 0 saturated carbocycles. The maximum atomic E-state index is 11.0. The number of hydrogen-bond acceptors (Lipinski definition) is 7. The molecule has 2 aromatic rings. The number of carbonyl (C=O) groups is 1. The van der Waals surface area contributed by atoms with Gasteiger partial charge in [0.05, 0.1) is 6.61 Å². The number of carboxylic acid groups (broad SMARTS) is 1. The number of aromatic nitrogens is 2. The largest absolute Gasteiger partial charge is 0.480 e. The van der Waals surface area contributed by atoms with E-state index in [1.54, 1.807) is 5.38 Å². The Hall–Kier alpha value is -2.20. The molecule has 1 atom stereocenters. The van der Waals surface area contributed by atoms with Gasteiger partial charge in [-0.25, -0.2) is 4.79 Å². The van der Waals surface area contributed by atoms with Crippen molar-refractivity contribution in [3.63, 3.8) is 0 Å². The molecule has 2 rings (SSSR count). The summed E-state index contributed by atoms with van der Waals surface area (Å²) in [5.41, 5.74) is 0. The molecule has 0 spiro atoms. The average molecular weight is 286 g/mol. The first-order chi connectivity index (χ1) is 9.04. The zero-order valence-corrected chi connectivity index (χ0v) is 10.6. The summed E-state index contributed by atoms with van der Waals surface area (Å²) in [6.45, 7) is -0.127. The van der Waals surface area contributed by atoms with Gasteiger partial charge in [0.25, 0.3) is 4.96 Å². The number of fused-ring (bicyclic) bond motifs is 1. The number of nitrogens with one attached hydrogen (secondary N) is 1. The maximum absolute atomic E-state index is 11.0. The Morgan fingerprint density at radius 1 is 1.79 bits per heavy atom. The number of imidazole rings is 1. The van der Waals surface area contributed by atoms with Gasteiger partial charge in [0.15, 0.2) is 0 Å². The fourth-order valence-electron chi connectivity index (χ4n) is 1.55. The van der Waals surface area contributed by atoms with Crippen molar-refractivity contribution >= 4 is 33.9 Å². The van der Waals surface area contributed by atoms with Crippen LogP contribution in [-0.4, -0.2) is 45.1 Å². The summed E-state index contributed by atoms with van der Waals surface area (Å²) in [4.78, 5) is 25.8. The maximum Gasteiger partial charge on any atom is 0.372 e. The minimum atomic E-state index is -1.17. The Bertz CT molecular complexity index is 621. The van der Waals surface area contributed by atoms with Crippen molar-refractivity contribution in [3.05, 3.63) is 21.7 Å². The minimum absolute atomic E-state index is 0.0821. The summed E-state index contributed by atoms with van der Waals surface area (Å²) in [6.07, 6.45) is 1.50. The Morgan fingerprint density at radius 3 is 3.11 bits per heavy atom. The number of ether oxygens (including phenoxy) is 1. The van der Waals surface area contributed by atoms with Gasteiger partial charge in [0.1, 0.15) is 12.2 Å². The lowest BCUT2D eigenvalue weighted by Gasteiger charge is -2.12. The van der Waals surface area contributed by atoms with Crippen LogP contribution in [0.2, 0.25) is 0 Å². The first kappa shape index (κ1) is 13.2. The van der Waals surface area contributed by atoms with Crippen LogP contribution in [0.15, 0.2) is 11.6 Å². The molecule has 0 amide bonds. The van der Waals surface area contributed by atoms with E-state index >= 15 is 0 Å². The molecule has 0 bridgehead atoms. The van der Waals surface area contributed by atoms with Crippen LogP contribution >= 0.6 is 11.3 Å². The molecular formula is C9H10N4O5S. The average Bonchev–Trinajstić information content (AvgIpc) is 2.87. The molecule has 19 heavy (non-hydrogen) atoms. The summed E-state index contributed by atoms with van der Waals surface area (Å²) >= 11 is 1.22. The molecule has 102 valence electrons. The number of rotatable bonds is 6. The van der Waals surface area contributed by atoms with Crippen molar-refractivity contribution in [2.75, 3.05) is 19.0 Å². The van der Waals surface area contributed by atoms with Crippen LogP contribution in [0.3, 0.4) is 0 Å². The molecular weight excluding hydrogens is 276 g/mol. The van der Waals surface area contributed by atoms with Gasteiger partial charge in [0, 0.05) is 12.5 Å². The van der Waals surface area contributed by atoms with Gasteiger partial charge in [0.2, 0.25) is 5.82 Å². The summed E-state index contributed by atoms with van der Waals surface area (Å²) in [7, 11) is 1.35. The molecule has 0 saturated heterocycles. The van der Waals surface area contributed by atoms with Gasteiger partial charge >= 0.3 is 11.8 Å². The van der Waals surface area contributed by atoms with E-state index in [1.807, 2.05) is 0 Å². The lowest BCUT2D eigenvalue weighted by atomic mass is 10.3. The van der Waals surface area contributed by atoms with E-state index < -0.39 is 16.9 Å². The Labute approximate surface area is 110 Å². The van der Waals surface area contributed by atoms with Crippen LogP contribution in [-0.2, 0) is 9.53 Å². The molecule has 1 unspecified atom stereocenters. The first-order valence-electron chi connectivity index (χ1n) is 5.12. The number of carboxylic acids is 1. The second kappa shape index (κ2) is 5.20. The number of anilines is 1. The highest BCUT2D eigenvalue weighted by Crippen LogP contribution is 2.28. The van der Waals surface area contributed by atoms with Gasteiger partial charge in [-0.3, -0.25) is 0 Å². The molecule has 0 aromatic carbocycles. The van der Waals surface area contributed by atoms with E-state index in [1.165, 1.54) is 29.0 Å². The van der Waals surface area contributed by atoms with E-state index in [4.69, 9.17) is 9.84 Å². The quantitative estimate of drug-likeness (QED) is 0.595. The summed E-state index contributed by atoms with van der Waals surface area (Å²) in [5, 5.41) is 24.2. The summed E-state index contributed by atoms with van der Waals surface area (Å²) in [5.74, 6) is -1.55. The second-order valence-electron chi connectivity index (χ2n) is 3.59. The number of hydrogen-bond donors (Lipinski definition) is 2. The van der Waals surface area contributed by atoms with Crippen molar-refractivity contribution in [2.45, 2.75) is 6.04 Å². The summed E-state index contributed by atoms with van der Waals surface area (Å²) < 4.78 is 6.04. The lowest BCUT2D eigenvalue weighted by Crippen LogP contribution is -2.34. The van der Waals surface area contributed by atoms with Crippen molar-refractivity contribution in [1.82, 2.24) is 9.38 Å². The van der Waals surface area contributed by atoms with Crippen molar-refractivity contribution in [3.8, 4) is 0 Å². The Kier molecular flexibility index (Phi) is 3.62. The molecule has 0 radical (unpaired) electrons. The highest BCUT2D eigenvalue weighted by Gasteiger charge is 2.27. The number of methoxy groups -OCH3 is 1. The van der Waals surface area contributed by atoms with Crippen molar-refractivity contribution in [2.24, 2.45) is 0 Å². The monoisotopic (exact) mass is 286 g/mol. The van der Waals surface area contributed by atoms with E-state index in [2.05, 4.69) is 10.3 Å². The highest BCUT2D eigenvalue weighted by atomic mass is 32.1. The third-order valence-corrected chi connectivity index (χ3v) is 3.11. The van der Waals surface area contributed by atoms with Crippen LogP contribution in [0.5, 0.6) is 0 Å². The standard InChI is InChI=1S/C9H10N4O5S/c1-18-4-5(8(14)15)10-6-7(13(16)17)12-2-3-19-9(12)11-6/h2-3,5,10H,4H2,1H3,(H,14,15). The van der Waals surface area contributed by atoms with Gasteiger partial charge in [-0.2, -0.15) is 9.38 Å². The summed E-state index contributed by atoms with van der Waals surface area (Å²) in [6, 6.07) is -1.10. The molecule has 2 aromatic heterocycles. The van der Waals surface area contributed by atoms with Crippen molar-refractivity contribution in [1.29, 1.82) is 0 Å². The Morgan fingerprint density at radius 2 is 2.53 bits per heavy atom. The van der Waals surface area contributed by atoms with Gasteiger partial charge < -0.3 is 25.3 Å². The van der Waals surface area contributed by atoms with E-state index in [9.17, 15) is 14.9 Å². The number of nitro groups is 1. The van der Waals surface area contributed by atoms with Crippen LogP contribution in [0.25, 0.3) is 4.96 Å². The third-order valence-electron chi connectivity index (χ3n) is 2.35. The predicted octanol–water partition coefficient (Wildman–Crippen LogP) is 0.815. The van der Waals surface area contributed by atoms with Crippen LogP contribution in [0, 0.1) is 10.1 Å². The molecule has 2 heterocycles.